The lowest BCUT2D eigenvalue weighted by atomic mass is 9.97. The number of rotatable bonds is 6. The predicted molar refractivity (Wildman–Crippen MR) is 151 cm³/mol. The fourth-order valence-corrected chi connectivity index (χ4v) is 5.25. The molecule has 1 atom stereocenters. The number of ketones is 1. The van der Waals surface area contributed by atoms with Gasteiger partial charge in [0.25, 0.3) is 0 Å². The Bertz CT molecular complexity index is 1550. The molecule has 12 nitrogen and oxygen atoms in total. The molecule has 41 heavy (non-hydrogen) atoms. The average Bonchev–Trinajstić information content (AvgIpc) is 3.16. The van der Waals surface area contributed by atoms with Gasteiger partial charge in [-0.1, -0.05) is 6.07 Å². The normalized spacial score (nSPS) is 17.7. The summed E-state index contributed by atoms with van der Waals surface area (Å²) in [5.41, 5.74) is 2.04. The molecule has 12 heteroatoms. The Morgan fingerprint density at radius 2 is 1.90 bits per heavy atom. The molecule has 0 bridgehead atoms. The maximum absolute atomic E-state index is 13.3. The van der Waals surface area contributed by atoms with Crippen LogP contribution in [-0.4, -0.2) is 80.2 Å². The van der Waals surface area contributed by atoms with E-state index in [9.17, 15) is 19.6 Å². The molecule has 1 N–H and O–H groups in total. The monoisotopic (exact) mass is 553 g/mol. The van der Waals surface area contributed by atoms with E-state index in [0.29, 0.717) is 60.5 Å². The van der Waals surface area contributed by atoms with Gasteiger partial charge < -0.3 is 20.0 Å². The minimum atomic E-state index is -0.848. The largest absolute Gasteiger partial charge is 0.347 e. The average molecular weight is 554 g/mol. The number of nitrogens with zero attached hydrogens (tertiary/aromatic N) is 8. The van der Waals surface area contributed by atoms with E-state index >= 15 is 0 Å². The van der Waals surface area contributed by atoms with Crippen molar-refractivity contribution in [2.24, 2.45) is 0 Å². The SMILES string of the molecule is CC(=O)NCC(=O)N1CCN(c2ncc(-c3ccc4c(n3)N(Cc3cccnc3C#N)C(C)(C)C4=O)cn2)C[C@H]1C. The fourth-order valence-electron chi connectivity index (χ4n) is 5.25. The zero-order valence-corrected chi connectivity index (χ0v) is 23.5. The molecule has 1 fully saturated rings. The van der Waals surface area contributed by atoms with E-state index < -0.39 is 5.54 Å². The molecule has 5 heterocycles. The van der Waals surface area contributed by atoms with Crippen LogP contribution in [0.2, 0.25) is 0 Å². The van der Waals surface area contributed by atoms with Crippen LogP contribution in [0.1, 0.15) is 49.3 Å². The minimum Gasteiger partial charge on any atom is -0.347 e. The van der Waals surface area contributed by atoms with Gasteiger partial charge in [-0.25, -0.2) is 19.9 Å². The number of carbonyl (C=O) groups excluding carboxylic acids is 3. The molecule has 0 unspecified atom stereocenters. The summed E-state index contributed by atoms with van der Waals surface area (Å²) in [6, 6.07) is 9.23. The van der Waals surface area contributed by atoms with Crippen LogP contribution in [0, 0.1) is 11.3 Å². The van der Waals surface area contributed by atoms with Gasteiger partial charge in [-0.3, -0.25) is 14.4 Å². The molecule has 0 radical (unpaired) electrons. The van der Waals surface area contributed by atoms with Crippen molar-refractivity contribution in [3.63, 3.8) is 0 Å². The van der Waals surface area contributed by atoms with Gasteiger partial charge in [0, 0.05) is 68.9 Å². The molecular weight excluding hydrogens is 522 g/mol. The molecule has 0 aromatic carbocycles. The third kappa shape index (κ3) is 5.30. The van der Waals surface area contributed by atoms with Gasteiger partial charge in [0.2, 0.25) is 17.8 Å². The Balaban J connectivity index is 1.34. The van der Waals surface area contributed by atoms with E-state index in [4.69, 9.17) is 4.98 Å². The summed E-state index contributed by atoms with van der Waals surface area (Å²) in [7, 11) is 0. The maximum Gasteiger partial charge on any atom is 0.242 e. The van der Waals surface area contributed by atoms with Crippen LogP contribution in [-0.2, 0) is 16.1 Å². The number of aromatic nitrogens is 4. The first kappa shape index (κ1) is 27.6. The highest BCUT2D eigenvalue weighted by Gasteiger charge is 2.45. The quantitative estimate of drug-likeness (QED) is 0.480. The Kier molecular flexibility index (Phi) is 7.36. The highest BCUT2D eigenvalue weighted by Crippen LogP contribution is 2.39. The number of piperazine rings is 1. The van der Waals surface area contributed by atoms with Crippen LogP contribution in [0.15, 0.2) is 42.9 Å². The summed E-state index contributed by atoms with van der Waals surface area (Å²) in [6.45, 7) is 8.98. The van der Waals surface area contributed by atoms with E-state index in [-0.39, 0.29) is 30.2 Å². The second-order valence-electron chi connectivity index (χ2n) is 10.7. The number of fused-ring (bicyclic) bond motifs is 1. The van der Waals surface area contributed by atoms with Gasteiger partial charge in [-0.2, -0.15) is 5.26 Å². The molecule has 1 saturated heterocycles. The summed E-state index contributed by atoms with van der Waals surface area (Å²) in [4.78, 5) is 60.7. The Morgan fingerprint density at radius 3 is 2.59 bits per heavy atom. The van der Waals surface area contributed by atoms with Crippen LogP contribution in [0.3, 0.4) is 0 Å². The van der Waals surface area contributed by atoms with E-state index in [1.165, 1.54) is 6.92 Å². The van der Waals surface area contributed by atoms with Crippen LogP contribution in [0.25, 0.3) is 11.3 Å². The third-order valence-electron chi connectivity index (χ3n) is 7.58. The lowest BCUT2D eigenvalue weighted by Gasteiger charge is -2.39. The topological polar surface area (TPSA) is 148 Å². The van der Waals surface area contributed by atoms with Gasteiger partial charge in [-0.15, -0.1) is 0 Å². The Labute approximate surface area is 238 Å². The number of nitrogens with one attached hydrogen (secondary N) is 1. The first-order valence-electron chi connectivity index (χ1n) is 13.4. The number of hydrogen-bond acceptors (Lipinski definition) is 10. The third-order valence-corrected chi connectivity index (χ3v) is 7.58. The van der Waals surface area contributed by atoms with Gasteiger partial charge >= 0.3 is 0 Å². The zero-order valence-electron chi connectivity index (χ0n) is 23.5. The number of nitriles is 1. The molecule has 3 aromatic heterocycles. The van der Waals surface area contributed by atoms with Crippen molar-refractivity contribution in [3.05, 3.63) is 59.7 Å². The van der Waals surface area contributed by atoms with Gasteiger partial charge in [-0.05, 0) is 39.0 Å². The molecule has 0 saturated carbocycles. The lowest BCUT2D eigenvalue weighted by molar-refractivity contribution is -0.134. The van der Waals surface area contributed by atoms with E-state index in [2.05, 4.69) is 26.3 Å². The minimum absolute atomic E-state index is 0.0133. The van der Waals surface area contributed by atoms with Crippen LogP contribution in [0.5, 0.6) is 0 Å². The molecule has 2 aliphatic heterocycles. The van der Waals surface area contributed by atoms with Gasteiger partial charge in [0.15, 0.2) is 5.78 Å². The number of Topliss-reactive ketones (excluding diaryl/α,β-unsaturated/α-hetero) is 1. The number of anilines is 2. The van der Waals surface area contributed by atoms with Crippen molar-refractivity contribution in [3.8, 4) is 17.3 Å². The van der Waals surface area contributed by atoms with Crippen molar-refractivity contribution in [1.29, 1.82) is 5.26 Å². The van der Waals surface area contributed by atoms with Gasteiger partial charge in [0.05, 0.1) is 23.3 Å². The van der Waals surface area contributed by atoms with Crippen molar-refractivity contribution >= 4 is 29.4 Å². The molecular formula is C29H31N9O3. The lowest BCUT2D eigenvalue weighted by Crippen LogP contribution is -2.56. The Hall–Kier alpha value is -4.92. The molecule has 2 amide bonds. The fraction of sp³-hybridized carbons (Fsp3) is 0.379. The second-order valence-corrected chi connectivity index (χ2v) is 10.7. The van der Waals surface area contributed by atoms with Crippen LogP contribution < -0.4 is 15.1 Å². The van der Waals surface area contributed by atoms with Gasteiger partial charge in [0.1, 0.15) is 17.6 Å². The standard InChI is InChI=1S/C29H31N9O3/c1-18-16-36(10-11-37(18)25(40)15-32-19(2)39)28-33-13-21(14-34-28)23-8-7-22-26(41)29(3,4)38(27(22)35-23)17-20-6-5-9-31-24(20)12-30/h5-9,13-14,18H,10-11,15-17H2,1-4H3,(H,32,39)/t18-/m1/s1. The van der Waals surface area contributed by atoms with Crippen molar-refractivity contribution in [2.45, 2.75) is 45.8 Å². The summed E-state index contributed by atoms with van der Waals surface area (Å²) in [6.07, 6.45) is 4.99. The summed E-state index contributed by atoms with van der Waals surface area (Å²) in [5.74, 6) is 0.705. The first-order chi connectivity index (χ1) is 19.6. The summed E-state index contributed by atoms with van der Waals surface area (Å²) < 4.78 is 0. The highest BCUT2D eigenvalue weighted by atomic mass is 16.2. The van der Waals surface area contributed by atoms with E-state index in [1.54, 1.807) is 41.7 Å². The number of pyridine rings is 2. The number of amides is 2. The summed E-state index contributed by atoms with van der Waals surface area (Å²) in [5, 5.41) is 12.1. The van der Waals surface area contributed by atoms with Crippen LogP contribution in [0.4, 0.5) is 11.8 Å². The maximum atomic E-state index is 13.3. The van der Waals surface area contributed by atoms with Crippen molar-refractivity contribution in [1.82, 2.24) is 30.2 Å². The number of hydrogen-bond donors (Lipinski definition) is 1. The molecule has 2 aliphatic rings. The Morgan fingerprint density at radius 1 is 1.15 bits per heavy atom. The smallest absolute Gasteiger partial charge is 0.242 e. The highest BCUT2D eigenvalue weighted by molar-refractivity contribution is 6.12. The molecule has 5 rings (SSSR count). The summed E-state index contributed by atoms with van der Waals surface area (Å²) >= 11 is 0. The predicted octanol–water partition coefficient (Wildman–Crippen LogP) is 1.96. The second kappa shape index (κ2) is 10.9. The molecule has 3 aromatic rings. The van der Waals surface area contributed by atoms with Crippen LogP contribution >= 0.6 is 0 Å². The number of carbonyl (C=O) groups is 3. The molecule has 0 aliphatic carbocycles. The van der Waals surface area contributed by atoms with E-state index in [1.807, 2.05) is 36.6 Å². The molecule has 0 spiro atoms. The molecule has 210 valence electrons. The van der Waals surface area contributed by atoms with E-state index in [0.717, 1.165) is 5.56 Å². The van der Waals surface area contributed by atoms with Crippen molar-refractivity contribution < 1.29 is 14.4 Å². The van der Waals surface area contributed by atoms with Crippen molar-refractivity contribution in [2.75, 3.05) is 36.0 Å². The zero-order chi connectivity index (χ0) is 29.3. The first-order valence-corrected chi connectivity index (χ1v) is 13.4.